The van der Waals surface area contributed by atoms with E-state index in [0.717, 1.165) is 29.6 Å². The molecule has 1 atom stereocenters. The Morgan fingerprint density at radius 3 is 3.00 bits per heavy atom. The third-order valence-corrected chi connectivity index (χ3v) is 3.17. The van der Waals surface area contributed by atoms with E-state index in [0.29, 0.717) is 5.88 Å². The van der Waals surface area contributed by atoms with E-state index in [9.17, 15) is 0 Å². The van der Waals surface area contributed by atoms with Gasteiger partial charge in [-0.05, 0) is 35.7 Å². The molecule has 15 heavy (non-hydrogen) atoms. The largest absolute Gasteiger partial charge is 0.271 e. The second-order valence-electron chi connectivity index (χ2n) is 3.24. The Labute approximate surface area is 103 Å². The van der Waals surface area contributed by atoms with Crippen molar-refractivity contribution in [2.24, 2.45) is 5.84 Å². The molecule has 0 aromatic carbocycles. The number of hydrogen-bond acceptors (Lipinski definition) is 3. The number of alkyl halides is 1. The minimum atomic E-state index is 0.0978. The summed E-state index contributed by atoms with van der Waals surface area (Å²) in [6.45, 7) is 2.89. The number of rotatable bonds is 6. The maximum absolute atomic E-state index is 5.67. The van der Waals surface area contributed by atoms with Crippen molar-refractivity contribution in [3.05, 3.63) is 16.4 Å². The molecular formula is C9H16BrClN4. The smallest absolute Gasteiger partial charge is 0.0709 e. The number of hydrazine groups is 1. The average Bonchev–Trinajstić information content (AvgIpc) is 2.62. The fourth-order valence-corrected chi connectivity index (χ4v) is 2.28. The van der Waals surface area contributed by atoms with Crippen molar-refractivity contribution in [3.63, 3.8) is 0 Å². The van der Waals surface area contributed by atoms with Crippen molar-refractivity contribution in [3.8, 4) is 0 Å². The Morgan fingerprint density at radius 2 is 2.47 bits per heavy atom. The van der Waals surface area contributed by atoms with Crippen LogP contribution >= 0.6 is 27.5 Å². The van der Waals surface area contributed by atoms with Gasteiger partial charge in [-0.3, -0.25) is 16.0 Å². The molecule has 0 fully saturated rings. The first-order valence-corrected chi connectivity index (χ1v) is 6.30. The summed E-state index contributed by atoms with van der Waals surface area (Å²) in [7, 11) is 0. The Morgan fingerprint density at radius 1 is 1.73 bits per heavy atom. The van der Waals surface area contributed by atoms with Gasteiger partial charge in [0.05, 0.1) is 22.4 Å². The van der Waals surface area contributed by atoms with Gasteiger partial charge < -0.3 is 0 Å². The number of halogens is 2. The van der Waals surface area contributed by atoms with Crippen molar-refractivity contribution in [1.29, 1.82) is 0 Å². The van der Waals surface area contributed by atoms with Gasteiger partial charge in [-0.25, -0.2) is 0 Å². The number of hydrogen-bond donors (Lipinski definition) is 2. The van der Waals surface area contributed by atoms with Crippen molar-refractivity contribution in [2.75, 3.05) is 5.88 Å². The van der Waals surface area contributed by atoms with Crippen LogP contribution < -0.4 is 11.3 Å². The molecule has 0 aliphatic carbocycles. The summed E-state index contributed by atoms with van der Waals surface area (Å²) in [4.78, 5) is 0. The number of aromatic nitrogens is 2. The molecule has 86 valence electrons. The van der Waals surface area contributed by atoms with Gasteiger partial charge in [-0.15, -0.1) is 11.6 Å². The van der Waals surface area contributed by atoms with Crippen LogP contribution in [0, 0.1) is 0 Å². The van der Waals surface area contributed by atoms with Crippen LogP contribution in [0.1, 0.15) is 31.5 Å². The first-order chi connectivity index (χ1) is 7.24. The first-order valence-electron chi connectivity index (χ1n) is 4.97. The monoisotopic (exact) mass is 294 g/mol. The molecule has 0 amide bonds. The number of nitrogens with zero attached hydrogens (tertiary/aromatic N) is 2. The molecule has 1 rings (SSSR count). The molecule has 0 aliphatic rings. The molecule has 1 heterocycles. The van der Waals surface area contributed by atoms with E-state index in [4.69, 9.17) is 17.4 Å². The summed E-state index contributed by atoms with van der Waals surface area (Å²) in [5.41, 5.74) is 3.89. The number of aryl methyl sites for hydroxylation is 1. The topological polar surface area (TPSA) is 55.9 Å². The zero-order chi connectivity index (χ0) is 11.3. The van der Waals surface area contributed by atoms with Crippen LogP contribution in [0.5, 0.6) is 0 Å². The summed E-state index contributed by atoms with van der Waals surface area (Å²) in [6, 6.07) is 0.0978. The van der Waals surface area contributed by atoms with E-state index in [1.165, 1.54) is 0 Å². The first kappa shape index (κ1) is 13.0. The highest BCUT2D eigenvalue weighted by molar-refractivity contribution is 9.10. The van der Waals surface area contributed by atoms with Gasteiger partial charge in [-0.1, -0.05) is 0 Å². The van der Waals surface area contributed by atoms with Gasteiger partial charge in [-0.2, -0.15) is 5.10 Å². The van der Waals surface area contributed by atoms with Gasteiger partial charge in [0.1, 0.15) is 0 Å². The van der Waals surface area contributed by atoms with Crippen LogP contribution in [-0.2, 0) is 6.54 Å². The Bertz CT molecular complexity index is 302. The third-order valence-electron chi connectivity index (χ3n) is 2.29. The zero-order valence-electron chi connectivity index (χ0n) is 8.71. The van der Waals surface area contributed by atoms with Gasteiger partial charge in [0.25, 0.3) is 0 Å². The van der Waals surface area contributed by atoms with E-state index in [1.54, 1.807) is 6.20 Å². The molecule has 0 aliphatic heterocycles. The standard InChI is InChI=1S/C9H16BrClN4/c1-2-15-9(7(10)6-13-15)8(14-12)4-3-5-11/h6,8,14H,2-5,12H2,1H3. The van der Waals surface area contributed by atoms with Gasteiger partial charge in [0.2, 0.25) is 0 Å². The summed E-state index contributed by atoms with van der Waals surface area (Å²) in [5.74, 6) is 6.19. The van der Waals surface area contributed by atoms with E-state index in [2.05, 4.69) is 33.4 Å². The van der Waals surface area contributed by atoms with Crippen LogP contribution in [0.3, 0.4) is 0 Å². The molecule has 6 heteroatoms. The number of nitrogens with two attached hydrogens (primary N) is 1. The summed E-state index contributed by atoms with van der Waals surface area (Å²) < 4.78 is 2.92. The SMILES string of the molecule is CCn1ncc(Br)c1C(CCCCl)NN. The quantitative estimate of drug-likeness (QED) is 0.480. The van der Waals surface area contributed by atoms with Crippen LogP contribution in [0.25, 0.3) is 0 Å². The fourth-order valence-electron chi connectivity index (χ4n) is 1.55. The molecule has 0 radical (unpaired) electrons. The molecule has 0 spiro atoms. The minimum absolute atomic E-state index is 0.0978. The lowest BCUT2D eigenvalue weighted by Crippen LogP contribution is -2.30. The average molecular weight is 296 g/mol. The maximum Gasteiger partial charge on any atom is 0.0709 e. The number of nitrogens with one attached hydrogen (secondary N) is 1. The molecule has 1 aromatic rings. The van der Waals surface area contributed by atoms with E-state index >= 15 is 0 Å². The fraction of sp³-hybridized carbons (Fsp3) is 0.667. The van der Waals surface area contributed by atoms with Gasteiger partial charge in [0.15, 0.2) is 0 Å². The second kappa shape index (κ2) is 6.48. The highest BCUT2D eigenvalue weighted by atomic mass is 79.9. The van der Waals surface area contributed by atoms with Crippen molar-refractivity contribution in [1.82, 2.24) is 15.2 Å². The third kappa shape index (κ3) is 3.17. The van der Waals surface area contributed by atoms with E-state index in [-0.39, 0.29) is 6.04 Å². The zero-order valence-corrected chi connectivity index (χ0v) is 11.1. The summed E-state index contributed by atoms with van der Waals surface area (Å²) in [6.07, 6.45) is 3.63. The lowest BCUT2D eigenvalue weighted by molar-refractivity contribution is 0.462. The molecule has 0 bridgehead atoms. The molecule has 0 saturated carbocycles. The lowest BCUT2D eigenvalue weighted by atomic mass is 10.1. The van der Waals surface area contributed by atoms with E-state index < -0.39 is 0 Å². The molecule has 1 unspecified atom stereocenters. The molecule has 3 N–H and O–H groups in total. The second-order valence-corrected chi connectivity index (χ2v) is 4.48. The summed E-state index contributed by atoms with van der Waals surface area (Å²) >= 11 is 9.15. The molecule has 1 aromatic heterocycles. The highest BCUT2D eigenvalue weighted by Crippen LogP contribution is 2.26. The van der Waals surface area contributed by atoms with Crippen molar-refractivity contribution < 1.29 is 0 Å². The normalized spacial score (nSPS) is 13.1. The van der Waals surface area contributed by atoms with Crippen LogP contribution in [-0.4, -0.2) is 15.7 Å². The Balaban J connectivity index is 2.84. The van der Waals surface area contributed by atoms with Crippen LogP contribution in [0.15, 0.2) is 10.7 Å². The van der Waals surface area contributed by atoms with E-state index in [1.807, 2.05) is 4.68 Å². The lowest BCUT2D eigenvalue weighted by Gasteiger charge is -2.17. The Hall–Kier alpha value is -0.100. The predicted molar refractivity (Wildman–Crippen MR) is 65.6 cm³/mol. The molecule has 0 saturated heterocycles. The van der Waals surface area contributed by atoms with Crippen LogP contribution in [0.4, 0.5) is 0 Å². The summed E-state index contributed by atoms with van der Waals surface area (Å²) in [5, 5.41) is 4.25. The Kier molecular flexibility index (Phi) is 5.60. The van der Waals surface area contributed by atoms with Gasteiger partial charge in [0, 0.05) is 12.4 Å². The highest BCUT2D eigenvalue weighted by Gasteiger charge is 2.17. The molecule has 4 nitrogen and oxygen atoms in total. The predicted octanol–water partition coefficient (Wildman–Crippen LogP) is 2.19. The van der Waals surface area contributed by atoms with Crippen molar-refractivity contribution >= 4 is 27.5 Å². The molecular weight excluding hydrogens is 279 g/mol. The minimum Gasteiger partial charge on any atom is -0.271 e. The maximum atomic E-state index is 5.67. The van der Waals surface area contributed by atoms with Crippen LogP contribution in [0.2, 0.25) is 0 Å². The van der Waals surface area contributed by atoms with Crippen molar-refractivity contribution in [2.45, 2.75) is 32.4 Å². The van der Waals surface area contributed by atoms with Gasteiger partial charge >= 0.3 is 0 Å².